The largest absolute Gasteiger partial charge is 0.360 e. The average molecular weight is 397 g/mol. The van der Waals surface area contributed by atoms with E-state index in [1.807, 2.05) is 19.1 Å². The Hall–Kier alpha value is -2.38. The topological polar surface area (TPSA) is 56.7 Å². The van der Waals surface area contributed by atoms with Crippen molar-refractivity contribution in [2.24, 2.45) is 0 Å². The highest BCUT2D eigenvalue weighted by atomic mass is 32.2. The zero-order valence-corrected chi connectivity index (χ0v) is 16.7. The van der Waals surface area contributed by atoms with Crippen LogP contribution in [-0.4, -0.2) is 19.9 Å². The number of aryl methyl sites for hydroxylation is 2. The highest BCUT2D eigenvalue weighted by molar-refractivity contribution is 7.98. The number of rotatable bonds is 8. The Morgan fingerprint density at radius 3 is 2.74 bits per heavy atom. The number of benzene rings is 1. The van der Waals surface area contributed by atoms with Gasteiger partial charge in [0.05, 0.1) is 11.4 Å². The number of hydrogen-bond acceptors (Lipinski definition) is 6. The van der Waals surface area contributed by atoms with Gasteiger partial charge in [0.1, 0.15) is 11.6 Å². The number of thioether (sulfide) groups is 1. The Morgan fingerprint density at radius 1 is 1.11 bits per heavy atom. The quantitative estimate of drug-likeness (QED) is 0.402. The van der Waals surface area contributed by atoms with Gasteiger partial charge in [0.25, 0.3) is 0 Å². The first-order chi connectivity index (χ1) is 13.3. The summed E-state index contributed by atoms with van der Waals surface area (Å²) in [6, 6.07) is 16.7. The summed E-state index contributed by atoms with van der Waals surface area (Å²) in [6.45, 7) is 2.79. The molecular weight excluding hydrogens is 376 g/mol. The summed E-state index contributed by atoms with van der Waals surface area (Å²) in [6.07, 6.45) is 1.76. The molecule has 3 heterocycles. The van der Waals surface area contributed by atoms with Crippen LogP contribution in [0.25, 0.3) is 0 Å². The van der Waals surface area contributed by atoms with Crippen LogP contribution in [-0.2, 0) is 25.1 Å². The third-order valence-electron chi connectivity index (χ3n) is 4.19. The van der Waals surface area contributed by atoms with Crippen LogP contribution in [0.1, 0.15) is 27.7 Å². The van der Waals surface area contributed by atoms with Crippen molar-refractivity contribution in [2.45, 2.75) is 37.2 Å². The van der Waals surface area contributed by atoms with Gasteiger partial charge >= 0.3 is 0 Å². The molecule has 0 atom stereocenters. The van der Waals surface area contributed by atoms with Gasteiger partial charge in [-0.15, -0.1) is 21.5 Å². The van der Waals surface area contributed by atoms with Crippen molar-refractivity contribution in [1.29, 1.82) is 0 Å². The normalized spacial score (nSPS) is 11.1. The van der Waals surface area contributed by atoms with Gasteiger partial charge in [-0.2, -0.15) is 0 Å². The maximum absolute atomic E-state index is 5.32. The lowest BCUT2D eigenvalue weighted by atomic mass is 10.1. The van der Waals surface area contributed by atoms with Gasteiger partial charge in [0.15, 0.2) is 5.16 Å². The van der Waals surface area contributed by atoms with Gasteiger partial charge in [0.2, 0.25) is 0 Å². The lowest BCUT2D eigenvalue weighted by molar-refractivity contribution is 0.391. The second-order valence-electron chi connectivity index (χ2n) is 6.27. The SMILES string of the molecule is Cc1cc(CSc2nnc(Cc3cccs3)n2CCc2ccccc2)on1. The van der Waals surface area contributed by atoms with Crippen LogP contribution in [0.3, 0.4) is 0 Å². The molecule has 4 rings (SSSR count). The Balaban J connectivity index is 1.52. The number of nitrogens with zero attached hydrogens (tertiary/aromatic N) is 4. The molecule has 0 aliphatic heterocycles. The maximum Gasteiger partial charge on any atom is 0.191 e. The molecule has 0 spiro atoms. The van der Waals surface area contributed by atoms with Gasteiger partial charge in [-0.25, -0.2) is 0 Å². The van der Waals surface area contributed by atoms with Crippen molar-refractivity contribution in [3.8, 4) is 0 Å². The molecule has 0 saturated heterocycles. The fourth-order valence-electron chi connectivity index (χ4n) is 2.86. The van der Waals surface area contributed by atoms with Crippen LogP contribution >= 0.6 is 23.1 Å². The first-order valence-electron chi connectivity index (χ1n) is 8.81. The molecular formula is C20H20N4OS2. The minimum Gasteiger partial charge on any atom is -0.360 e. The van der Waals surface area contributed by atoms with E-state index in [9.17, 15) is 0 Å². The second kappa shape index (κ2) is 8.54. The molecule has 4 aromatic rings. The molecule has 3 aromatic heterocycles. The van der Waals surface area contributed by atoms with Gasteiger partial charge in [-0.3, -0.25) is 0 Å². The first kappa shape index (κ1) is 18.0. The molecule has 0 aliphatic carbocycles. The molecule has 27 heavy (non-hydrogen) atoms. The fourth-order valence-corrected chi connectivity index (χ4v) is 4.42. The van der Waals surface area contributed by atoms with Crippen molar-refractivity contribution < 1.29 is 4.52 Å². The Bertz CT molecular complexity index is 977. The third-order valence-corrected chi connectivity index (χ3v) is 6.06. The maximum atomic E-state index is 5.32. The van der Waals surface area contributed by atoms with Gasteiger partial charge in [0, 0.05) is 23.9 Å². The minimum atomic E-state index is 0.698. The van der Waals surface area contributed by atoms with Crippen molar-refractivity contribution in [2.75, 3.05) is 0 Å². The highest BCUT2D eigenvalue weighted by Gasteiger charge is 2.15. The van der Waals surface area contributed by atoms with Crippen molar-refractivity contribution >= 4 is 23.1 Å². The molecule has 5 nitrogen and oxygen atoms in total. The fraction of sp³-hybridized carbons (Fsp3) is 0.250. The van der Waals surface area contributed by atoms with Crippen molar-refractivity contribution in [3.05, 3.63) is 81.6 Å². The summed E-state index contributed by atoms with van der Waals surface area (Å²) in [5.74, 6) is 2.56. The summed E-state index contributed by atoms with van der Waals surface area (Å²) in [7, 11) is 0. The van der Waals surface area contributed by atoms with E-state index in [-0.39, 0.29) is 0 Å². The molecule has 0 unspecified atom stereocenters. The molecule has 0 aliphatic rings. The van der Waals surface area contributed by atoms with E-state index in [0.29, 0.717) is 5.75 Å². The van der Waals surface area contributed by atoms with E-state index < -0.39 is 0 Å². The molecule has 0 bridgehead atoms. The van der Waals surface area contributed by atoms with E-state index in [2.05, 4.69) is 61.7 Å². The van der Waals surface area contributed by atoms with Gasteiger partial charge in [-0.05, 0) is 30.4 Å². The van der Waals surface area contributed by atoms with E-state index in [4.69, 9.17) is 4.52 Å². The molecule has 138 valence electrons. The lowest BCUT2D eigenvalue weighted by Crippen LogP contribution is -2.08. The summed E-state index contributed by atoms with van der Waals surface area (Å²) in [5, 5.41) is 15.9. The van der Waals surface area contributed by atoms with E-state index >= 15 is 0 Å². The predicted octanol–water partition coefficient (Wildman–Crippen LogP) is 4.76. The Kier molecular flexibility index (Phi) is 5.69. The Morgan fingerprint density at radius 2 is 2.00 bits per heavy atom. The molecule has 0 radical (unpaired) electrons. The van der Waals surface area contributed by atoms with Crippen LogP contribution in [0.4, 0.5) is 0 Å². The lowest BCUT2D eigenvalue weighted by Gasteiger charge is -2.09. The smallest absolute Gasteiger partial charge is 0.191 e. The zero-order valence-electron chi connectivity index (χ0n) is 15.0. The molecule has 1 aromatic carbocycles. The number of aromatic nitrogens is 4. The molecule has 0 N–H and O–H groups in total. The predicted molar refractivity (Wildman–Crippen MR) is 108 cm³/mol. The van der Waals surface area contributed by atoms with Gasteiger partial charge < -0.3 is 9.09 Å². The molecule has 0 amide bonds. The van der Waals surface area contributed by atoms with E-state index in [0.717, 1.165) is 41.8 Å². The average Bonchev–Trinajstić information content (AvgIpc) is 3.42. The van der Waals surface area contributed by atoms with Crippen molar-refractivity contribution in [1.82, 2.24) is 19.9 Å². The van der Waals surface area contributed by atoms with Crippen LogP contribution in [0.2, 0.25) is 0 Å². The third kappa shape index (κ3) is 4.67. The summed E-state index contributed by atoms with van der Waals surface area (Å²) >= 11 is 3.39. The molecule has 0 saturated carbocycles. The summed E-state index contributed by atoms with van der Waals surface area (Å²) in [5.41, 5.74) is 2.21. The van der Waals surface area contributed by atoms with Crippen LogP contribution in [0.15, 0.2) is 63.6 Å². The minimum absolute atomic E-state index is 0.698. The highest BCUT2D eigenvalue weighted by Crippen LogP contribution is 2.24. The summed E-state index contributed by atoms with van der Waals surface area (Å²) < 4.78 is 7.56. The number of hydrogen-bond donors (Lipinski definition) is 0. The van der Waals surface area contributed by atoms with E-state index in [1.165, 1.54) is 10.4 Å². The Labute approximate surface area is 166 Å². The van der Waals surface area contributed by atoms with Crippen LogP contribution in [0.5, 0.6) is 0 Å². The van der Waals surface area contributed by atoms with E-state index in [1.54, 1.807) is 23.1 Å². The molecule has 7 heteroatoms. The molecule has 0 fully saturated rings. The zero-order chi connectivity index (χ0) is 18.5. The van der Waals surface area contributed by atoms with Gasteiger partial charge in [-0.1, -0.05) is 53.3 Å². The van der Waals surface area contributed by atoms with Crippen LogP contribution < -0.4 is 0 Å². The first-order valence-corrected chi connectivity index (χ1v) is 10.7. The standard InChI is InChI=1S/C20H20N4OS2/c1-15-12-17(25-23-15)14-27-20-22-21-19(13-18-8-5-11-26-18)24(20)10-9-16-6-3-2-4-7-16/h2-8,11-12H,9-10,13-14H2,1H3. The summed E-state index contributed by atoms with van der Waals surface area (Å²) in [4.78, 5) is 1.30. The van der Waals surface area contributed by atoms with Crippen LogP contribution in [0, 0.1) is 6.92 Å². The second-order valence-corrected chi connectivity index (χ2v) is 8.24. The number of thiophene rings is 1. The monoisotopic (exact) mass is 396 g/mol. The van der Waals surface area contributed by atoms with Crippen molar-refractivity contribution in [3.63, 3.8) is 0 Å².